The highest BCUT2D eigenvalue weighted by Gasteiger charge is 2.22. The van der Waals surface area contributed by atoms with E-state index in [9.17, 15) is 0 Å². The first-order valence-electron chi connectivity index (χ1n) is 7.06. The van der Waals surface area contributed by atoms with E-state index in [1.54, 1.807) is 0 Å². The zero-order chi connectivity index (χ0) is 12.6. The standard InChI is InChI=1S/C13H25NO3S/c15-7-4-12-11-18-10-6-14(12)5-9-17-13-3-1-2-8-16-13/h12-13,15H,1-11H2/t12-,13-/m1/s1. The van der Waals surface area contributed by atoms with Crippen molar-refractivity contribution in [2.45, 2.75) is 38.0 Å². The van der Waals surface area contributed by atoms with Gasteiger partial charge in [0.05, 0.1) is 6.61 Å². The van der Waals surface area contributed by atoms with Crippen LogP contribution in [-0.2, 0) is 9.47 Å². The Kier molecular flexibility index (Phi) is 6.79. The minimum atomic E-state index is 0.0224. The molecule has 2 aliphatic rings. The number of thioether (sulfide) groups is 1. The molecule has 18 heavy (non-hydrogen) atoms. The zero-order valence-corrected chi connectivity index (χ0v) is 11.9. The highest BCUT2D eigenvalue weighted by Crippen LogP contribution is 2.19. The van der Waals surface area contributed by atoms with Gasteiger partial charge in [-0.15, -0.1) is 0 Å². The summed E-state index contributed by atoms with van der Waals surface area (Å²) in [6.07, 6.45) is 4.33. The lowest BCUT2D eigenvalue weighted by molar-refractivity contribution is -0.164. The lowest BCUT2D eigenvalue weighted by Gasteiger charge is -2.35. The first-order chi connectivity index (χ1) is 8.90. The van der Waals surface area contributed by atoms with Gasteiger partial charge in [0.25, 0.3) is 0 Å². The molecule has 0 radical (unpaired) electrons. The van der Waals surface area contributed by atoms with E-state index in [2.05, 4.69) is 4.90 Å². The SMILES string of the molecule is OCC[C@@H]1CSCCN1CCO[C@@H]1CCCCO1. The summed E-state index contributed by atoms with van der Waals surface area (Å²) in [6, 6.07) is 0.518. The topological polar surface area (TPSA) is 41.9 Å². The molecular formula is C13H25NO3S. The number of rotatable bonds is 6. The highest BCUT2D eigenvalue weighted by molar-refractivity contribution is 7.99. The van der Waals surface area contributed by atoms with E-state index in [0.29, 0.717) is 6.04 Å². The van der Waals surface area contributed by atoms with Crippen LogP contribution in [0.2, 0.25) is 0 Å². The molecule has 0 aromatic carbocycles. The fraction of sp³-hybridized carbons (Fsp3) is 1.00. The Bertz CT molecular complexity index is 222. The number of aliphatic hydroxyl groups excluding tert-OH is 1. The predicted octanol–water partition coefficient (Wildman–Crippen LogP) is 1.33. The van der Waals surface area contributed by atoms with Gasteiger partial charge in [0.15, 0.2) is 6.29 Å². The molecule has 0 amide bonds. The quantitative estimate of drug-likeness (QED) is 0.792. The summed E-state index contributed by atoms with van der Waals surface area (Å²) in [6.45, 7) is 3.96. The fourth-order valence-corrected chi connectivity index (χ4v) is 3.72. The molecule has 1 N–H and O–H groups in total. The smallest absolute Gasteiger partial charge is 0.157 e. The van der Waals surface area contributed by atoms with Crippen molar-refractivity contribution in [2.24, 2.45) is 0 Å². The second kappa shape index (κ2) is 8.38. The van der Waals surface area contributed by atoms with Crippen LogP contribution >= 0.6 is 11.8 Å². The summed E-state index contributed by atoms with van der Waals surface area (Å²) >= 11 is 1.99. The molecule has 4 nitrogen and oxygen atoms in total. The zero-order valence-electron chi connectivity index (χ0n) is 11.1. The third-order valence-electron chi connectivity index (χ3n) is 3.63. The molecule has 0 bridgehead atoms. The van der Waals surface area contributed by atoms with Crippen molar-refractivity contribution < 1.29 is 14.6 Å². The molecule has 2 rings (SSSR count). The number of nitrogens with zero attached hydrogens (tertiary/aromatic N) is 1. The van der Waals surface area contributed by atoms with Crippen LogP contribution < -0.4 is 0 Å². The largest absolute Gasteiger partial charge is 0.396 e. The maximum absolute atomic E-state index is 9.08. The van der Waals surface area contributed by atoms with Crippen LogP contribution in [0.5, 0.6) is 0 Å². The molecule has 2 saturated heterocycles. The summed E-state index contributed by atoms with van der Waals surface area (Å²) in [5.41, 5.74) is 0. The Hall–Kier alpha value is 0.190. The van der Waals surface area contributed by atoms with E-state index in [1.807, 2.05) is 11.8 Å². The first-order valence-corrected chi connectivity index (χ1v) is 8.21. The molecule has 2 fully saturated rings. The highest BCUT2D eigenvalue weighted by atomic mass is 32.2. The monoisotopic (exact) mass is 275 g/mol. The molecule has 0 aliphatic carbocycles. The lowest BCUT2D eigenvalue weighted by Crippen LogP contribution is -2.44. The van der Waals surface area contributed by atoms with E-state index in [4.69, 9.17) is 14.6 Å². The van der Waals surface area contributed by atoms with Gasteiger partial charge in [-0.3, -0.25) is 4.90 Å². The van der Waals surface area contributed by atoms with Gasteiger partial charge in [0, 0.05) is 43.9 Å². The molecule has 2 heterocycles. The average Bonchev–Trinajstić information content (AvgIpc) is 2.42. The Morgan fingerprint density at radius 3 is 3.11 bits per heavy atom. The Morgan fingerprint density at radius 1 is 1.39 bits per heavy atom. The summed E-state index contributed by atoms with van der Waals surface area (Å²) in [5.74, 6) is 2.34. The predicted molar refractivity (Wildman–Crippen MR) is 73.9 cm³/mol. The molecule has 5 heteroatoms. The van der Waals surface area contributed by atoms with E-state index in [-0.39, 0.29) is 12.9 Å². The fourth-order valence-electron chi connectivity index (χ4n) is 2.54. The van der Waals surface area contributed by atoms with Crippen molar-refractivity contribution in [3.8, 4) is 0 Å². The summed E-state index contributed by atoms with van der Waals surface area (Å²) < 4.78 is 11.3. The second-order valence-electron chi connectivity index (χ2n) is 4.94. The number of hydrogen-bond donors (Lipinski definition) is 1. The average molecular weight is 275 g/mol. The summed E-state index contributed by atoms with van der Waals surface area (Å²) in [4.78, 5) is 2.45. The molecule has 0 aromatic heterocycles. The van der Waals surface area contributed by atoms with Gasteiger partial charge in [-0.05, 0) is 25.7 Å². The van der Waals surface area contributed by atoms with Crippen LogP contribution in [-0.4, -0.2) is 66.8 Å². The lowest BCUT2D eigenvalue weighted by atomic mass is 10.2. The van der Waals surface area contributed by atoms with Crippen molar-refractivity contribution in [2.75, 3.05) is 44.4 Å². The van der Waals surface area contributed by atoms with Crippen LogP contribution in [0.25, 0.3) is 0 Å². The first kappa shape index (κ1) is 14.6. The third kappa shape index (κ3) is 4.70. The maximum atomic E-state index is 9.08. The van der Waals surface area contributed by atoms with Crippen LogP contribution in [0.1, 0.15) is 25.7 Å². The van der Waals surface area contributed by atoms with Gasteiger partial charge >= 0.3 is 0 Å². The number of ether oxygens (including phenoxy) is 2. The van der Waals surface area contributed by atoms with Crippen molar-refractivity contribution in [3.05, 3.63) is 0 Å². The van der Waals surface area contributed by atoms with Crippen molar-refractivity contribution in [1.29, 1.82) is 0 Å². The molecule has 2 aliphatic heterocycles. The number of aliphatic hydroxyl groups is 1. The van der Waals surface area contributed by atoms with Gasteiger partial charge in [-0.25, -0.2) is 0 Å². The normalized spacial score (nSPS) is 30.5. The Labute approximate surface area is 114 Å². The van der Waals surface area contributed by atoms with Crippen LogP contribution in [0.3, 0.4) is 0 Å². The number of hydrogen-bond acceptors (Lipinski definition) is 5. The minimum absolute atomic E-state index is 0.0224. The van der Waals surface area contributed by atoms with Gasteiger partial charge in [-0.1, -0.05) is 0 Å². The molecule has 2 atom stereocenters. The Morgan fingerprint density at radius 2 is 2.33 bits per heavy atom. The van der Waals surface area contributed by atoms with Gasteiger partial charge < -0.3 is 14.6 Å². The van der Waals surface area contributed by atoms with Crippen molar-refractivity contribution >= 4 is 11.8 Å². The van der Waals surface area contributed by atoms with Gasteiger partial charge in [-0.2, -0.15) is 11.8 Å². The van der Waals surface area contributed by atoms with Crippen LogP contribution in [0.15, 0.2) is 0 Å². The summed E-state index contributed by atoms with van der Waals surface area (Å²) in [7, 11) is 0. The van der Waals surface area contributed by atoms with E-state index in [1.165, 1.54) is 18.6 Å². The van der Waals surface area contributed by atoms with Crippen molar-refractivity contribution in [3.63, 3.8) is 0 Å². The van der Waals surface area contributed by atoms with Crippen LogP contribution in [0.4, 0.5) is 0 Å². The minimum Gasteiger partial charge on any atom is -0.396 e. The Balaban J connectivity index is 1.64. The molecule has 0 aromatic rings. The molecule has 106 valence electrons. The van der Waals surface area contributed by atoms with Gasteiger partial charge in [0.1, 0.15) is 0 Å². The maximum Gasteiger partial charge on any atom is 0.157 e. The van der Waals surface area contributed by atoms with Crippen molar-refractivity contribution in [1.82, 2.24) is 4.90 Å². The van der Waals surface area contributed by atoms with E-state index in [0.717, 1.165) is 44.9 Å². The molecule has 0 spiro atoms. The summed E-state index contributed by atoms with van der Waals surface area (Å²) in [5, 5.41) is 9.08. The second-order valence-corrected chi connectivity index (χ2v) is 6.09. The van der Waals surface area contributed by atoms with Crippen LogP contribution in [0, 0.1) is 0 Å². The van der Waals surface area contributed by atoms with E-state index >= 15 is 0 Å². The molecule has 0 unspecified atom stereocenters. The third-order valence-corrected chi connectivity index (χ3v) is 4.72. The molecule has 0 saturated carbocycles. The molecular weight excluding hydrogens is 250 g/mol. The van der Waals surface area contributed by atoms with E-state index < -0.39 is 0 Å². The van der Waals surface area contributed by atoms with Gasteiger partial charge in [0.2, 0.25) is 0 Å².